The molecular weight excluding hydrogens is 388 g/mol. The van der Waals surface area contributed by atoms with Crippen LogP contribution in [0.2, 0.25) is 0 Å². The average molecular weight is 415 g/mol. The molecule has 26 heavy (non-hydrogen) atoms. The second kappa shape index (κ2) is 6.79. The second-order valence-electron chi connectivity index (χ2n) is 8.97. The van der Waals surface area contributed by atoms with Crippen LogP contribution in [0.15, 0.2) is 47.5 Å². The summed E-state index contributed by atoms with van der Waals surface area (Å²) in [6.07, 6.45) is 14.7. The predicted molar refractivity (Wildman–Crippen MR) is 106 cm³/mol. The molecule has 0 aliphatic heterocycles. The van der Waals surface area contributed by atoms with Crippen molar-refractivity contribution in [1.82, 2.24) is 9.55 Å². The van der Waals surface area contributed by atoms with Crippen LogP contribution < -0.4 is 0 Å². The molecule has 1 atom stereocenters. The Morgan fingerprint density at radius 1 is 1.08 bits per heavy atom. The molecule has 0 amide bonds. The van der Waals surface area contributed by atoms with Crippen LogP contribution in [0, 0.1) is 23.2 Å². The van der Waals surface area contributed by atoms with Crippen molar-refractivity contribution in [2.24, 2.45) is 23.2 Å². The molecule has 0 N–H and O–H groups in total. The number of halogens is 1. The summed E-state index contributed by atoms with van der Waals surface area (Å²) in [5.41, 5.74) is 1.64. The lowest BCUT2D eigenvalue weighted by Gasteiger charge is -2.59. The largest absolute Gasteiger partial charge is 0.371 e. The number of nitrogens with zero attached hydrogens (tertiary/aromatic N) is 2. The Balaban J connectivity index is 1.38. The van der Waals surface area contributed by atoms with Crippen molar-refractivity contribution >= 4 is 15.9 Å². The fraction of sp³-hybridized carbons (Fsp3) is 0.591. The fourth-order valence-corrected chi connectivity index (χ4v) is 6.62. The third-order valence-corrected chi connectivity index (χ3v) is 7.60. The van der Waals surface area contributed by atoms with E-state index in [0.29, 0.717) is 12.0 Å². The molecule has 4 aliphatic rings. The first kappa shape index (κ1) is 17.0. The summed E-state index contributed by atoms with van der Waals surface area (Å²) >= 11 is 3.52. The summed E-state index contributed by atoms with van der Waals surface area (Å²) in [5.74, 6) is 2.84. The van der Waals surface area contributed by atoms with Crippen LogP contribution in [-0.4, -0.2) is 15.7 Å². The molecule has 4 saturated carbocycles. The molecule has 6 rings (SSSR count). The number of ether oxygens (including phenoxy) is 1. The van der Waals surface area contributed by atoms with E-state index in [-0.39, 0.29) is 6.10 Å². The molecule has 0 saturated heterocycles. The van der Waals surface area contributed by atoms with Crippen LogP contribution >= 0.6 is 15.9 Å². The Labute approximate surface area is 164 Å². The highest BCUT2D eigenvalue weighted by atomic mass is 79.9. The third kappa shape index (κ3) is 3.27. The Morgan fingerprint density at radius 2 is 1.73 bits per heavy atom. The van der Waals surface area contributed by atoms with Gasteiger partial charge in [-0.25, -0.2) is 4.98 Å². The number of hydrogen-bond acceptors (Lipinski definition) is 2. The topological polar surface area (TPSA) is 27.1 Å². The molecule has 4 heteroatoms. The quantitative estimate of drug-likeness (QED) is 0.628. The van der Waals surface area contributed by atoms with Crippen molar-refractivity contribution < 1.29 is 4.74 Å². The highest BCUT2D eigenvalue weighted by molar-refractivity contribution is 9.10. The number of hydrogen-bond donors (Lipinski definition) is 0. The molecule has 4 fully saturated rings. The molecule has 1 aromatic heterocycles. The van der Waals surface area contributed by atoms with E-state index in [4.69, 9.17) is 4.74 Å². The van der Waals surface area contributed by atoms with E-state index in [1.165, 1.54) is 44.1 Å². The zero-order valence-corrected chi connectivity index (χ0v) is 16.8. The van der Waals surface area contributed by atoms with Gasteiger partial charge in [-0.2, -0.15) is 0 Å². The maximum absolute atomic E-state index is 6.66. The van der Waals surface area contributed by atoms with E-state index in [1.807, 2.05) is 12.5 Å². The van der Waals surface area contributed by atoms with Gasteiger partial charge in [-0.3, -0.25) is 0 Å². The summed E-state index contributed by atoms with van der Waals surface area (Å²) < 4.78 is 10.00. The minimum absolute atomic E-state index is 0.286. The first-order valence-corrected chi connectivity index (χ1v) is 10.8. The molecule has 1 aromatic carbocycles. The van der Waals surface area contributed by atoms with Gasteiger partial charge in [0.2, 0.25) is 0 Å². The van der Waals surface area contributed by atoms with Gasteiger partial charge < -0.3 is 9.30 Å². The van der Waals surface area contributed by atoms with Crippen LogP contribution in [0.25, 0.3) is 0 Å². The van der Waals surface area contributed by atoms with Gasteiger partial charge >= 0.3 is 0 Å². The van der Waals surface area contributed by atoms with Crippen molar-refractivity contribution in [1.29, 1.82) is 0 Å². The lowest BCUT2D eigenvalue weighted by atomic mass is 9.48. The van der Waals surface area contributed by atoms with Crippen LogP contribution in [0.1, 0.15) is 44.1 Å². The molecule has 4 bridgehead atoms. The van der Waals surface area contributed by atoms with Gasteiger partial charge in [-0.05, 0) is 79.4 Å². The van der Waals surface area contributed by atoms with Gasteiger partial charge in [0.05, 0.1) is 25.6 Å². The Kier molecular flexibility index (Phi) is 4.44. The average Bonchev–Trinajstić information content (AvgIpc) is 3.12. The molecule has 138 valence electrons. The van der Waals surface area contributed by atoms with Gasteiger partial charge in [0, 0.05) is 16.9 Å². The van der Waals surface area contributed by atoms with Crippen LogP contribution in [0.3, 0.4) is 0 Å². The zero-order valence-electron chi connectivity index (χ0n) is 15.2. The maximum atomic E-state index is 6.66. The minimum atomic E-state index is 0.286. The third-order valence-electron chi connectivity index (χ3n) is 7.07. The smallest absolute Gasteiger partial charge is 0.0946 e. The van der Waals surface area contributed by atoms with Crippen LogP contribution in [0.4, 0.5) is 0 Å². The maximum Gasteiger partial charge on any atom is 0.0946 e. The zero-order chi connectivity index (χ0) is 17.6. The van der Waals surface area contributed by atoms with Crippen LogP contribution in [0.5, 0.6) is 0 Å². The molecule has 0 radical (unpaired) electrons. The minimum Gasteiger partial charge on any atom is -0.371 e. The summed E-state index contributed by atoms with van der Waals surface area (Å²) in [5, 5.41) is 0. The van der Waals surface area contributed by atoms with Crippen molar-refractivity contribution in [3.05, 3.63) is 53.0 Å². The first-order valence-electron chi connectivity index (χ1n) is 10.0. The van der Waals surface area contributed by atoms with Crippen LogP contribution in [-0.2, 0) is 17.9 Å². The van der Waals surface area contributed by atoms with E-state index >= 15 is 0 Å². The van der Waals surface area contributed by atoms with Crippen molar-refractivity contribution in [3.63, 3.8) is 0 Å². The number of benzene rings is 1. The summed E-state index contributed by atoms with van der Waals surface area (Å²) in [4.78, 5) is 4.25. The van der Waals surface area contributed by atoms with Gasteiger partial charge in [0.1, 0.15) is 0 Å². The summed E-state index contributed by atoms with van der Waals surface area (Å²) in [6, 6.07) is 8.54. The Bertz CT molecular complexity index is 705. The molecule has 2 aromatic rings. The summed E-state index contributed by atoms with van der Waals surface area (Å²) in [6.45, 7) is 1.64. The lowest BCUT2D eigenvalue weighted by Crippen LogP contribution is -2.53. The standard InChI is InChI=1S/C22H27BrN2O/c23-20-3-1-16(2-4-20)14-26-21(13-25-6-5-24-15-25)22-10-17-7-18(11-22)9-19(8-17)12-22/h1-6,15,17-19,21H,7-14H2. The van der Waals surface area contributed by atoms with Crippen molar-refractivity contribution in [2.45, 2.75) is 57.8 Å². The van der Waals surface area contributed by atoms with Gasteiger partial charge in [0.25, 0.3) is 0 Å². The molecule has 4 aliphatic carbocycles. The van der Waals surface area contributed by atoms with E-state index in [1.54, 1.807) is 0 Å². The molecular formula is C22H27BrN2O. The normalized spacial score (nSPS) is 33.5. The Morgan fingerprint density at radius 3 is 2.31 bits per heavy atom. The molecule has 0 spiro atoms. The molecule has 1 heterocycles. The highest BCUT2D eigenvalue weighted by Gasteiger charge is 2.54. The number of rotatable bonds is 6. The number of aromatic nitrogens is 2. The summed E-state index contributed by atoms with van der Waals surface area (Å²) in [7, 11) is 0. The monoisotopic (exact) mass is 414 g/mol. The predicted octanol–water partition coefficient (Wildman–Crippen LogP) is 5.45. The van der Waals surface area contributed by atoms with E-state index in [0.717, 1.165) is 28.8 Å². The van der Waals surface area contributed by atoms with Gasteiger partial charge in [0.15, 0.2) is 0 Å². The molecule has 1 unspecified atom stereocenters. The van der Waals surface area contributed by atoms with E-state index < -0.39 is 0 Å². The highest BCUT2D eigenvalue weighted by Crippen LogP contribution is 2.62. The van der Waals surface area contributed by atoms with E-state index in [2.05, 4.69) is 55.9 Å². The van der Waals surface area contributed by atoms with Crippen molar-refractivity contribution in [3.8, 4) is 0 Å². The first-order chi connectivity index (χ1) is 12.7. The SMILES string of the molecule is Brc1ccc(COC(Cn2ccnc2)C23CC4CC(CC(C4)C2)C3)cc1. The Hall–Kier alpha value is -1.13. The lowest BCUT2D eigenvalue weighted by molar-refractivity contribution is -0.151. The van der Waals surface area contributed by atoms with E-state index in [9.17, 15) is 0 Å². The fourth-order valence-electron chi connectivity index (χ4n) is 6.36. The van der Waals surface area contributed by atoms with Crippen molar-refractivity contribution in [2.75, 3.05) is 0 Å². The molecule has 3 nitrogen and oxygen atoms in total. The van der Waals surface area contributed by atoms with Gasteiger partial charge in [-0.15, -0.1) is 0 Å². The second-order valence-corrected chi connectivity index (χ2v) is 9.88. The van der Waals surface area contributed by atoms with Gasteiger partial charge in [-0.1, -0.05) is 28.1 Å². The number of imidazole rings is 1.